The first-order chi connectivity index (χ1) is 10.5. The molecule has 0 saturated heterocycles. The van der Waals surface area contributed by atoms with Crippen molar-refractivity contribution >= 4 is 23.4 Å². The smallest absolute Gasteiger partial charge is 0.248 e. The molecule has 0 bridgehead atoms. The predicted octanol–water partition coefficient (Wildman–Crippen LogP) is 3.58. The summed E-state index contributed by atoms with van der Waals surface area (Å²) >= 11 is 0.861. The van der Waals surface area contributed by atoms with E-state index >= 15 is 0 Å². The fourth-order valence-corrected chi connectivity index (χ4v) is 2.48. The molecule has 1 amide bonds. The van der Waals surface area contributed by atoms with Crippen molar-refractivity contribution in [3.8, 4) is 0 Å². The molecule has 1 heterocycles. The van der Waals surface area contributed by atoms with Gasteiger partial charge in [0.15, 0.2) is 0 Å². The Labute approximate surface area is 129 Å². The first kappa shape index (κ1) is 16.4. The van der Waals surface area contributed by atoms with Gasteiger partial charge in [-0.3, -0.25) is 9.48 Å². The van der Waals surface area contributed by atoms with E-state index in [9.17, 15) is 18.0 Å². The molecule has 0 aliphatic carbocycles. The minimum Gasteiger partial charge on any atom is -0.323 e. The van der Waals surface area contributed by atoms with Crippen LogP contribution in [0.5, 0.6) is 0 Å². The molecule has 0 saturated carbocycles. The first-order valence-electron chi connectivity index (χ1n) is 6.48. The maximum atomic E-state index is 13.3. The van der Waals surface area contributed by atoms with E-state index in [0.29, 0.717) is 4.90 Å². The summed E-state index contributed by atoms with van der Waals surface area (Å²) in [6, 6.07) is 4.72. The van der Waals surface area contributed by atoms with Gasteiger partial charge in [0.05, 0.1) is 11.4 Å². The van der Waals surface area contributed by atoms with Crippen molar-refractivity contribution < 1.29 is 18.0 Å². The third-order valence-corrected chi connectivity index (χ3v) is 3.95. The number of carbonyl (C=O) groups is 1. The van der Waals surface area contributed by atoms with Crippen molar-refractivity contribution in [1.29, 1.82) is 0 Å². The molecule has 0 radical (unpaired) electrons. The number of anilines is 1. The highest BCUT2D eigenvalue weighted by atomic mass is 32.2. The lowest BCUT2D eigenvalue weighted by Crippen LogP contribution is -2.24. The number of nitrogens with one attached hydrogen (secondary N) is 1. The van der Waals surface area contributed by atoms with Crippen molar-refractivity contribution in [2.75, 3.05) is 11.1 Å². The van der Waals surface area contributed by atoms with Gasteiger partial charge in [-0.1, -0.05) is 0 Å². The molecule has 1 aromatic carbocycles. The van der Waals surface area contributed by atoms with Crippen LogP contribution in [0.1, 0.15) is 13.0 Å². The summed E-state index contributed by atoms with van der Waals surface area (Å²) in [5.41, 5.74) is 0.176. The van der Waals surface area contributed by atoms with Gasteiger partial charge < -0.3 is 5.32 Å². The highest BCUT2D eigenvalue weighted by molar-refractivity contribution is 7.99. The average Bonchev–Trinajstić information content (AvgIpc) is 2.99. The lowest BCUT2D eigenvalue weighted by molar-refractivity contribution is -0.119. The van der Waals surface area contributed by atoms with Gasteiger partial charge in [0.2, 0.25) is 12.3 Å². The molecule has 0 fully saturated rings. The van der Waals surface area contributed by atoms with Gasteiger partial charge in [0.25, 0.3) is 0 Å². The maximum Gasteiger partial charge on any atom is 0.248 e. The van der Waals surface area contributed by atoms with E-state index in [1.807, 2.05) is 0 Å². The van der Waals surface area contributed by atoms with Crippen LogP contribution in [0.3, 0.4) is 0 Å². The summed E-state index contributed by atoms with van der Waals surface area (Å²) in [6.07, 6.45) is 0.680. The van der Waals surface area contributed by atoms with Gasteiger partial charge in [-0.05, 0) is 31.2 Å². The zero-order valence-corrected chi connectivity index (χ0v) is 12.5. The van der Waals surface area contributed by atoms with Gasteiger partial charge in [0.1, 0.15) is 11.9 Å². The Hall–Kier alpha value is -1.96. The molecule has 4 nitrogen and oxygen atoms in total. The topological polar surface area (TPSA) is 46.9 Å². The van der Waals surface area contributed by atoms with E-state index in [0.717, 1.165) is 17.8 Å². The lowest BCUT2D eigenvalue weighted by Gasteiger charge is -2.15. The number of nitrogens with zero attached hydrogens (tertiary/aromatic N) is 2. The van der Waals surface area contributed by atoms with Crippen molar-refractivity contribution in [1.82, 2.24) is 9.78 Å². The lowest BCUT2D eigenvalue weighted by atomic mass is 10.2. The number of benzene rings is 1. The van der Waals surface area contributed by atoms with E-state index in [1.54, 1.807) is 19.2 Å². The van der Waals surface area contributed by atoms with Crippen LogP contribution in [-0.4, -0.2) is 27.9 Å². The number of hydrogen-bond acceptors (Lipinski definition) is 3. The quantitative estimate of drug-likeness (QED) is 0.824. The standard InChI is InChI=1S/C14H14F3N3OS/c1-9(20-6-2-5-18-20)14(21)19-11-7-10(15)3-4-12(11)22-8-13(16)17/h2-7,9,13H,8H2,1H3,(H,19,21)/t9-/m0/s1. The number of carbonyl (C=O) groups excluding carboxylic acids is 1. The molecule has 2 aromatic rings. The number of amides is 1. The van der Waals surface area contributed by atoms with Crippen LogP contribution in [0, 0.1) is 5.82 Å². The van der Waals surface area contributed by atoms with Crippen LogP contribution in [0.15, 0.2) is 41.6 Å². The van der Waals surface area contributed by atoms with Crippen molar-refractivity contribution in [2.24, 2.45) is 0 Å². The van der Waals surface area contributed by atoms with E-state index in [2.05, 4.69) is 10.4 Å². The summed E-state index contributed by atoms with van der Waals surface area (Å²) in [6.45, 7) is 1.63. The number of aromatic nitrogens is 2. The molecule has 22 heavy (non-hydrogen) atoms. The van der Waals surface area contributed by atoms with E-state index in [4.69, 9.17) is 0 Å². The van der Waals surface area contributed by atoms with Crippen LogP contribution >= 0.6 is 11.8 Å². The molecule has 2 rings (SSSR count). The molecule has 0 aliphatic heterocycles. The van der Waals surface area contributed by atoms with Crippen LogP contribution in [-0.2, 0) is 4.79 Å². The molecule has 0 unspecified atom stereocenters. The number of rotatable bonds is 6. The van der Waals surface area contributed by atoms with E-state index < -0.39 is 29.9 Å². The van der Waals surface area contributed by atoms with Crippen LogP contribution < -0.4 is 5.32 Å². The SMILES string of the molecule is C[C@@H](C(=O)Nc1cc(F)ccc1SCC(F)F)n1cccn1. The highest BCUT2D eigenvalue weighted by Crippen LogP contribution is 2.29. The summed E-state index contributed by atoms with van der Waals surface area (Å²) in [5.74, 6) is -1.39. The normalized spacial score (nSPS) is 12.4. The fraction of sp³-hybridized carbons (Fsp3) is 0.286. The second-order valence-corrected chi connectivity index (χ2v) is 5.56. The van der Waals surface area contributed by atoms with Crippen molar-refractivity contribution in [2.45, 2.75) is 24.3 Å². The van der Waals surface area contributed by atoms with E-state index in [1.165, 1.54) is 23.0 Å². The Morgan fingerprint density at radius 3 is 2.86 bits per heavy atom. The molecule has 0 spiro atoms. The maximum absolute atomic E-state index is 13.3. The summed E-state index contributed by atoms with van der Waals surface area (Å²) in [5, 5.41) is 6.51. The van der Waals surface area contributed by atoms with E-state index in [-0.39, 0.29) is 5.69 Å². The number of thioether (sulfide) groups is 1. The van der Waals surface area contributed by atoms with Crippen LogP contribution in [0.4, 0.5) is 18.9 Å². The van der Waals surface area contributed by atoms with Gasteiger partial charge in [-0.25, -0.2) is 13.2 Å². The molecule has 1 atom stereocenters. The third-order valence-electron chi connectivity index (χ3n) is 2.87. The van der Waals surface area contributed by atoms with Gasteiger partial charge in [0, 0.05) is 17.3 Å². The highest BCUT2D eigenvalue weighted by Gasteiger charge is 2.17. The Bertz CT molecular complexity index is 634. The molecule has 118 valence electrons. The Morgan fingerprint density at radius 1 is 1.45 bits per heavy atom. The van der Waals surface area contributed by atoms with Crippen molar-refractivity contribution in [3.63, 3.8) is 0 Å². The zero-order valence-electron chi connectivity index (χ0n) is 11.7. The summed E-state index contributed by atoms with van der Waals surface area (Å²) in [4.78, 5) is 12.6. The predicted molar refractivity (Wildman–Crippen MR) is 78.7 cm³/mol. The molecule has 1 aromatic heterocycles. The van der Waals surface area contributed by atoms with Gasteiger partial charge >= 0.3 is 0 Å². The Kier molecular flexibility index (Phi) is 5.48. The number of halogens is 3. The zero-order chi connectivity index (χ0) is 16.1. The Morgan fingerprint density at radius 2 is 2.23 bits per heavy atom. The minimum absolute atomic E-state index is 0.176. The summed E-state index contributed by atoms with van der Waals surface area (Å²) in [7, 11) is 0. The molecular formula is C14H14F3N3OS. The Balaban J connectivity index is 2.13. The van der Waals surface area contributed by atoms with Crippen LogP contribution in [0.2, 0.25) is 0 Å². The molecular weight excluding hydrogens is 315 g/mol. The largest absolute Gasteiger partial charge is 0.323 e. The molecule has 0 aliphatic rings. The number of hydrogen-bond donors (Lipinski definition) is 1. The molecule has 1 N–H and O–H groups in total. The number of alkyl halides is 2. The van der Waals surface area contributed by atoms with Crippen LogP contribution in [0.25, 0.3) is 0 Å². The van der Waals surface area contributed by atoms with Gasteiger partial charge in [-0.2, -0.15) is 5.10 Å². The summed E-state index contributed by atoms with van der Waals surface area (Å²) < 4.78 is 39.4. The fourth-order valence-electron chi connectivity index (χ4n) is 1.75. The second-order valence-electron chi connectivity index (χ2n) is 4.49. The third kappa shape index (κ3) is 4.27. The average molecular weight is 329 g/mol. The monoisotopic (exact) mass is 329 g/mol. The minimum atomic E-state index is -2.48. The first-order valence-corrected chi connectivity index (χ1v) is 7.46. The van der Waals surface area contributed by atoms with Crippen molar-refractivity contribution in [3.05, 3.63) is 42.5 Å². The second kappa shape index (κ2) is 7.35. The molecule has 8 heteroatoms. The van der Waals surface area contributed by atoms with Gasteiger partial charge in [-0.15, -0.1) is 11.8 Å².